The molecule has 27 heavy (non-hydrogen) atoms. The van der Waals surface area contributed by atoms with Gasteiger partial charge in [0, 0.05) is 20.9 Å². The zero-order valence-corrected chi connectivity index (χ0v) is 15.1. The van der Waals surface area contributed by atoms with E-state index in [1.54, 1.807) is 36.2 Å². The van der Waals surface area contributed by atoms with Gasteiger partial charge in [0.05, 0.1) is 18.1 Å². The van der Waals surface area contributed by atoms with Gasteiger partial charge in [-0.1, -0.05) is 42.1 Å². The Balaban J connectivity index is 1.45. The molecule has 0 aliphatic rings. The van der Waals surface area contributed by atoms with Crippen LogP contribution in [0.4, 0.5) is 10.1 Å². The van der Waals surface area contributed by atoms with Gasteiger partial charge in [0.1, 0.15) is 5.82 Å². The number of amides is 1. The van der Waals surface area contributed by atoms with E-state index in [2.05, 4.69) is 15.5 Å². The van der Waals surface area contributed by atoms with Crippen molar-refractivity contribution in [2.24, 2.45) is 0 Å². The van der Waals surface area contributed by atoms with Crippen LogP contribution in [0.1, 0.15) is 5.56 Å². The molecular formula is C21H16FN3OS. The molecule has 0 atom stereocenters. The van der Waals surface area contributed by atoms with E-state index in [1.807, 2.05) is 42.5 Å². The maximum absolute atomic E-state index is 13.7. The Morgan fingerprint density at radius 3 is 2.78 bits per heavy atom. The maximum Gasteiger partial charge on any atom is 0.228 e. The van der Waals surface area contributed by atoms with Crippen LogP contribution in [0.25, 0.3) is 10.9 Å². The van der Waals surface area contributed by atoms with Crippen molar-refractivity contribution in [1.82, 2.24) is 10.2 Å². The van der Waals surface area contributed by atoms with E-state index < -0.39 is 0 Å². The standard InChI is InChI=1S/C21H16FN3OS/c22-19-7-2-1-4-14(19)10-21(26)24-16-5-3-6-17(11-16)27-18-9-8-15-13-23-25-20(15)12-18/h1-9,11-13H,10H2,(H,23,25)(H,24,26). The quantitative estimate of drug-likeness (QED) is 0.513. The number of H-pyrrole nitrogens is 1. The zero-order chi connectivity index (χ0) is 18.6. The molecule has 1 heterocycles. The number of hydrogen-bond acceptors (Lipinski definition) is 3. The first-order valence-electron chi connectivity index (χ1n) is 8.42. The Labute approximate surface area is 159 Å². The molecule has 0 saturated heterocycles. The van der Waals surface area contributed by atoms with Crippen LogP contribution >= 0.6 is 11.8 Å². The minimum atomic E-state index is -0.369. The highest BCUT2D eigenvalue weighted by Crippen LogP contribution is 2.31. The van der Waals surface area contributed by atoms with Crippen LogP contribution in [0.15, 0.2) is 82.7 Å². The number of carbonyl (C=O) groups excluding carboxylic acids is 1. The van der Waals surface area contributed by atoms with E-state index in [9.17, 15) is 9.18 Å². The highest BCUT2D eigenvalue weighted by atomic mass is 32.2. The molecule has 0 bridgehead atoms. The van der Waals surface area contributed by atoms with Crippen molar-refractivity contribution in [3.05, 3.63) is 84.3 Å². The minimum absolute atomic E-state index is 0.000531. The van der Waals surface area contributed by atoms with Crippen LogP contribution in [0.5, 0.6) is 0 Å². The summed E-state index contributed by atoms with van der Waals surface area (Å²) in [6.07, 6.45) is 1.79. The minimum Gasteiger partial charge on any atom is -0.326 e. The first-order chi connectivity index (χ1) is 13.2. The van der Waals surface area contributed by atoms with E-state index >= 15 is 0 Å². The lowest BCUT2D eigenvalue weighted by Crippen LogP contribution is -2.15. The Bertz CT molecular complexity index is 1110. The number of aromatic nitrogens is 2. The monoisotopic (exact) mass is 377 g/mol. The van der Waals surface area contributed by atoms with Gasteiger partial charge in [-0.25, -0.2) is 4.39 Å². The highest BCUT2D eigenvalue weighted by Gasteiger charge is 2.09. The average Bonchev–Trinajstić information content (AvgIpc) is 3.12. The molecule has 0 saturated carbocycles. The predicted octanol–water partition coefficient (Wildman–Crippen LogP) is 5.03. The second kappa shape index (κ2) is 7.63. The molecule has 1 aromatic heterocycles. The van der Waals surface area contributed by atoms with Crippen molar-refractivity contribution in [2.45, 2.75) is 16.2 Å². The second-order valence-corrected chi connectivity index (χ2v) is 7.21. The number of carbonyl (C=O) groups is 1. The number of hydrogen-bond donors (Lipinski definition) is 2. The fraction of sp³-hybridized carbons (Fsp3) is 0.0476. The first-order valence-corrected chi connectivity index (χ1v) is 9.23. The topological polar surface area (TPSA) is 57.8 Å². The van der Waals surface area contributed by atoms with Gasteiger partial charge in [0.2, 0.25) is 5.91 Å². The molecule has 1 amide bonds. The molecular weight excluding hydrogens is 361 g/mol. The van der Waals surface area contributed by atoms with Gasteiger partial charge in [-0.15, -0.1) is 0 Å². The van der Waals surface area contributed by atoms with Crippen molar-refractivity contribution in [3.63, 3.8) is 0 Å². The lowest BCUT2D eigenvalue weighted by Gasteiger charge is -2.08. The molecule has 3 aromatic carbocycles. The highest BCUT2D eigenvalue weighted by molar-refractivity contribution is 7.99. The van der Waals surface area contributed by atoms with Crippen LogP contribution in [-0.4, -0.2) is 16.1 Å². The molecule has 2 N–H and O–H groups in total. The number of benzene rings is 3. The van der Waals surface area contributed by atoms with Gasteiger partial charge in [0.25, 0.3) is 0 Å². The van der Waals surface area contributed by atoms with Crippen LogP contribution < -0.4 is 5.32 Å². The number of halogens is 1. The molecule has 0 spiro atoms. The molecule has 0 radical (unpaired) electrons. The van der Waals surface area contributed by atoms with E-state index in [1.165, 1.54) is 6.07 Å². The van der Waals surface area contributed by atoms with Gasteiger partial charge < -0.3 is 5.32 Å². The Hall–Kier alpha value is -3.12. The summed E-state index contributed by atoms with van der Waals surface area (Å²) in [5, 5.41) is 10.9. The van der Waals surface area contributed by atoms with Gasteiger partial charge >= 0.3 is 0 Å². The number of fused-ring (bicyclic) bond motifs is 1. The molecule has 0 aliphatic carbocycles. The largest absolute Gasteiger partial charge is 0.326 e. The van der Waals surface area contributed by atoms with Crippen LogP contribution in [-0.2, 0) is 11.2 Å². The SMILES string of the molecule is O=C(Cc1ccccc1F)Nc1cccc(Sc2ccc3cn[nH]c3c2)c1. The van der Waals surface area contributed by atoms with E-state index in [0.29, 0.717) is 11.3 Å². The number of nitrogens with one attached hydrogen (secondary N) is 2. The summed E-state index contributed by atoms with van der Waals surface area (Å²) < 4.78 is 13.7. The molecule has 0 fully saturated rings. The van der Waals surface area contributed by atoms with E-state index in [4.69, 9.17) is 0 Å². The average molecular weight is 377 g/mol. The van der Waals surface area contributed by atoms with Gasteiger partial charge in [-0.05, 0) is 42.0 Å². The van der Waals surface area contributed by atoms with Crippen molar-refractivity contribution in [1.29, 1.82) is 0 Å². The fourth-order valence-corrected chi connectivity index (χ4v) is 3.69. The van der Waals surface area contributed by atoms with Crippen molar-refractivity contribution < 1.29 is 9.18 Å². The molecule has 4 nitrogen and oxygen atoms in total. The summed E-state index contributed by atoms with van der Waals surface area (Å²) in [5.41, 5.74) is 2.05. The molecule has 0 unspecified atom stereocenters. The maximum atomic E-state index is 13.7. The number of aromatic amines is 1. The Kier molecular flexibility index (Phi) is 4.89. The number of nitrogens with zero attached hydrogens (tertiary/aromatic N) is 1. The molecule has 4 aromatic rings. The molecule has 4 rings (SSSR count). The molecule has 134 valence electrons. The van der Waals surface area contributed by atoms with Crippen LogP contribution in [0.3, 0.4) is 0 Å². The van der Waals surface area contributed by atoms with Crippen molar-refractivity contribution in [3.8, 4) is 0 Å². The molecule has 0 aliphatic heterocycles. The normalized spacial score (nSPS) is 10.9. The number of rotatable bonds is 5. The summed E-state index contributed by atoms with van der Waals surface area (Å²) in [6, 6.07) is 20.0. The van der Waals surface area contributed by atoms with E-state index in [-0.39, 0.29) is 18.1 Å². The summed E-state index contributed by atoms with van der Waals surface area (Å²) in [5.74, 6) is -0.618. The fourth-order valence-electron chi connectivity index (χ4n) is 2.77. The zero-order valence-electron chi connectivity index (χ0n) is 14.3. The summed E-state index contributed by atoms with van der Waals surface area (Å²) in [7, 11) is 0. The lowest BCUT2D eigenvalue weighted by atomic mass is 10.1. The summed E-state index contributed by atoms with van der Waals surface area (Å²) in [6.45, 7) is 0. The number of anilines is 1. The first kappa shape index (κ1) is 17.3. The van der Waals surface area contributed by atoms with Crippen molar-refractivity contribution >= 4 is 34.3 Å². The van der Waals surface area contributed by atoms with Gasteiger partial charge in [0.15, 0.2) is 0 Å². The predicted molar refractivity (Wildman–Crippen MR) is 105 cm³/mol. The third kappa shape index (κ3) is 4.17. The Morgan fingerprint density at radius 2 is 1.89 bits per heavy atom. The van der Waals surface area contributed by atoms with Gasteiger partial charge in [-0.2, -0.15) is 5.10 Å². The molecule has 6 heteroatoms. The lowest BCUT2D eigenvalue weighted by molar-refractivity contribution is -0.115. The second-order valence-electron chi connectivity index (χ2n) is 6.07. The third-order valence-electron chi connectivity index (χ3n) is 4.08. The smallest absolute Gasteiger partial charge is 0.228 e. The summed E-state index contributed by atoms with van der Waals surface area (Å²) >= 11 is 1.59. The van der Waals surface area contributed by atoms with Gasteiger partial charge in [-0.3, -0.25) is 9.89 Å². The van der Waals surface area contributed by atoms with Crippen molar-refractivity contribution in [2.75, 3.05) is 5.32 Å². The van der Waals surface area contributed by atoms with Crippen LogP contribution in [0, 0.1) is 5.82 Å². The van der Waals surface area contributed by atoms with Crippen LogP contribution in [0.2, 0.25) is 0 Å². The van der Waals surface area contributed by atoms with E-state index in [0.717, 1.165) is 20.7 Å². The third-order valence-corrected chi connectivity index (χ3v) is 5.06. The summed E-state index contributed by atoms with van der Waals surface area (Å²) in [4.78, 5) is 14.3. The Morgan fingerprint density at radius 1 is 1.04 bits per heavy atom.